The first-order valence-corrected chi connectivity index (χ1v) is 5.43. The number of nitrogens with zero attached hydrogens (tertiary/aromatic N) is 1. The van der Waals surface area contributed by atoms with Crippen LogP contribution < -0.4 is 5.32 Å². The van der Waals surface area contributed by atoms with Crippen LogP contribution in [0.1, 0.15) is 18.6 Å². The fraction of sp³-hybridized carbons (Fsp3) is 0.231. The summed E-state index contributed by atoms with van der Waals surface area (Å²) in [4.78, 5) is 15.2. The van der Waals surface area contributed by atoms with Crippen LogP contribution in [0.4, 0.5) is 0 Å². The van der Waals surface area contributed by atoms with Crippen molar-refractivity contribution in [3.63, 3.8) is 0 Å². The van der Waals surface area contributed by atoms with Crippen molar-refractivity contribution in [3.8, 4) is 11.3 Å². The van der Waals surface area contributed by atoms with Gasteiger partial charge < -0.3 is 9.73 Å². The lowest BCUT2D eigenvalue weighted by molar-refractivity contribution is -0.119. The van der Waals surface area contributed by atoms with Crippen LogP contribution >= 0.6 is 0 Å². The van der Waals surface area contributed by atoms with Gasteiger partial charge in [0.25, 0.3) is 0 Å². The molecule has 1 heterocycles. The van der Waals surface area contributed by atoms with E-state index < -0.39 is 0 Å². The fourth-order valence-electron chi connectivity index (χ4n) is 1.59. The molecule has 1 aromatic carbocycles. The molecule has 1 N–H and O–H groups in total. The van der Waals surface area contributed by atoms with Gasteiger partial charge in [-0.15, -0.1) is 0 Å². The number of amides is 1. The van der Waals surface area contributed by atoms with Gasteiger partial charge in [0.15, 0.2) is 0 Å². The highest BCUT2D eigenvalue weighted by Crippen LogP contribution is 2.22. The maximum atomic E-state index is 10.8. The zero-order chi connectivity index (χ0) is 12.3. The van der Waals surface area contributed by atoms with Crippen LogP contribution in [-0.2, 0) is 11.3 Å². The topological polar surface area (TPSA) is 55.1 Å². The molecular formula is C13H14N2O2. The van der Waals surface area contributed by atoms with Crippen LogP contribution in [0.5, 0.6) is 0 Å². The molecule has 0 aliphatic carbocycles. The molecule has 2 aromatic rings. The molecule has 2 rings (SSSR count). The van der Waals surface area contributed by atoms with E-state index in [0.717, 1.165) is 17.0 Å². The van der Waals surface area contributed by atoms with Gasteiger partial charge in [0.05, 0.1) is 6.54 Å². The Hall–Kier alpha value is -2.10. The number of carbonyl (C=O) groups is 1. The van der Waals surface area contributed by atoms with Crippen molar-refractivity contribution >= 4 is 5.91 Å². The van der Waals surface area contributed by atoms with Crippen LogP contribution in [0.15, 0.2) is 34.7 Å². The first-order valence-electron chi connectivity index (χ1n) is 5.43. The number of aromatic nitrogens is 1. The third-order valence-electron chi connectivity index (χ3n) is 2.38. The van der Waals surface area contributed by atoms with Crippen molar-refractivity contribution in [2.24, 2.45) is 0 Å². The molecule has 0 aliphatic heterocycles. The van der Waals surface area contributed by atoms with Gasteiger partial charge in [-0.05, 0) is 6.92 Å². The number of nitrogens with one attached hydrogen (secondary N) is 1. The predicted molar refractivity (Wildman–Crippen MR) is 64.2 cm³/mol. The van der Waals surface area contributed by atoms with Gasteiger partial charge in [-0.1, -0.05) is 30.3 Å². The third kappa shape index (κ3) is 2.72. The molecule has 0 atom stereocenters. The second kappa shape index (κ2) is 4.82. The summed E-state index contributed by atoms with van der Waals surface area (Å²) in [7, 11) is 0. The van der Waals surface area contributed by atoms with Gasteiger partial charge in [-0.3, -0.25) is 4.79 Å². The lowest BCUT2D eigenvalue weighted by atomic mass is 10.1. The van der Waals surface area contributed by atoms with Crippen molar-refractivity contribution in [3.05, 3.63) is 42.0 Å². The minimum absolute atomic E-state index is 0.0953. The minimum Gasteiger partial charge on any atom is -0.443 e. The molecule has 0 spiro atoms. The van der Waals surface area contributed by atoms with Crippen molar-refractivity contribution in [2.45, 2.75) is 20.4 Å². The van der Waals surface area contributed by atoms with E-state index >= 15 is 0 Å². The van der Waals surface area contributed by atoms with E-state index in [9.17, 15) is 4.79 Å². The molecule has 1 amide bonds. The first-order chi connectivity index (χ1) is 8.16. The van der Waals surface area contributed by atoms with Crippen LogP contribution in [0.3, 0.4) is 0 Å². The van der Waals surface area contributed by atoms with Gasteiger partial charge in [-0.25, -0.2) is 4.98 Å². The highest BCUT2D eigenvalue weighted by molar-refractivity contribution is 5.72. The SMILES string of the molecule is CC(=O)NCc1nc(-c2ccccc2)c(C)o1. The number of carbonyl (C=O) groups excluding carboxylic acids is 1. The lowest BCUT2D eigenvalue weighted by Gasteiger charge is -1.95. The Kier molecular flexibility index (Phi) is 3.23. The number of oxazole rings is 1. The molecule has 0 saturated heterocycles. The summed E-state index contributed by atoms with van der Waals surface area (Å²) < 4.78 is 5.49. The average molecular weight is 230 g/mol. The second-order valence-electron chi connectivity index (χ2n) is 3.79. The summed E-state index contributed by atoms with van der Waals surface area (Å²) >= 11 is 0. The molecule has 0 bridgehead atoms. The maximum Gasteiger partial charge on any atom is 0.217 e. The van der Waals surface area contributed by atoms with Gasteiger partial charge in [-0.2, -0.15) is 0 Å². The van der Waals surface area contributed by atoms with Crippen LogP contribution in [0, 0.1) is 6.92 Å². The Balaban J connectivity index is 2.22. The Morgan fingerprint density at radius 2 is 2.06 bits per heavy atom. The van der Waals surface area contributed by atoms with Crippen molar-refractivity contribution in [2.75, 3.05) is 0 Å². The quantitative estimate of drug-likeness (QED) is 0.880. The maximum absolute atomic E-state index is 10.8. The summed E-state index contributed by atoms with van der Waals surface area (Å²) in [6, 6.07) is 9.82. The summed E-state index contributed by atoms with van der Waals surface area (Å²) in [5, 5.41) is 2.66. The zero-order valence-electron chi connectivity index (χ0n) is 9.86. The highest BCUT2D eigenvalue weighted by atomic mass is 16.4. The summed E-state index contributed by atoms with van der Waals surface area (Å²) in [6.07, 6.45) is 0. The Morgan fingerprint density at radius 3 is 2.71 bits per heavy atom. The molecule has 0 aliphatic rings. The Morgan fingerprint density at radius 1 is 1.35 bits per heavy atom. The van der Waals surface area contributed by atoms with E-state index in [1.807, 2.05) is 37.3 Å². The normalized spacial score (nSPS) is 10.2. The van der Waals surface area contributed by atoms with E-state index in [-0.39, 0.29) is 5.91 Å². The van der Waals surface area contributed by atoms with Gasteiger partial charge in [0.2, 0.25) is 11.8 Å². The lowest BCUT2D eigenvalue weighted by Crippen LogP contribution is -2.18. The molecule has 0 fully saturated rings. The smallest absolute Gasteiger partial charge is 0.217 e. The van der Waals surface area contributed by atoms with E-state index in [1.54, 1.807) is 0 Å². The molecular weight excluding hydrogens is 216 g/mol. The van der Waals surface area contributed by atoms with E-state index in [1.165, 1.54) is 6.92 Å². The van der Waals surface area contributed by atoms with E-state index in [0.29, 0.717) is 12.4 Å². The molecule has 17 heavy (non-hydrogen) atoms. The molecule has 1 aromatic heterocycles. The number of rotatable bonds is 3. The Labute approximate surface area is 99.7 Å². The predicted octanol–water partition coefficient (Wildman–Crippen LogP) is 2.29. The summed E-state index contributed by atoms with van der Waals surface area (Å²) in [6.45, 7) is 3.66. The molecule has 0 unspecified atom stereocenters. The fourth-order valence-corrected chi connectivity index (χ4v) is 1.59. The molecule has 0 radical (unpaired) electrons. The van der Waals surface area contributed by atoms with Crippen molar-refractivity contribution < 1.29 is 9.21 Å². The first kappa shape index (κ1) is 11.4. The second-order valence-corrected chi connectivity index (χ2v) is 3.79. The van der Waals surface area contributed by atoms with Crippen LogP contribution in [0.2, 0.25) is 0 Å². The van der Waals surface area contributed by atoms with Gasteiger partial charge >= 0.3 is 0 Å². The average Bonchev–Trinajstić information content (AvgIpc) is 2.69. The molecule has 4 heteroatoms. The molecule has 0 saturated carbocycles. The number of aryl methyl sites for hydroxylation is 1. The highest BCUT2D eigenvalue weighted by Gasteiger charge is 2.11. The standard InChI is InChI=1S/C13H14N2O2/c1-9-13(11-6-4-3-5-7-11)15-12(17-9)8-14-10(2)16/h3-7H,8H2,1-2H3,(H,14,16). The van der Waals surface area contributed by atoms with Crippen molar-refractivity contribution in [1.29, 1.82) is 0 Å². The third-order valence-corrected chi connectivity index (χ3v) is 2.38. The zero-order valence-corrected chi connectivity index (χ0v) is 9.86. The van der Waals surface area contributed by atoms with Gasteiger partial charge in [0, 0.05) is 12.5 Å². The number of hydrogen-bond acceptors (Lipinski definition) is 3. The molecule has 4 nitrogen and oxygen atoms in total. The van der Waals surface area contributed by atoms with Crippen LogP contribution in [-0.4, -0.2) is 10.9 Å². The Bertz CT molecular complexity index is 517. The van der Waals surface area contributed by atoms with E-state index in [2.05, 4.69) is 10.3 Å². The monoisotopic (exact) mass is 230 g/mol. The number of hydrogen-bond donors (Lipinski definition) is 1. The van der Waals surface area contributed by atoms with Gasteiger partial charge in [0.1, 0.15) is 11.5 Å². The molecule has 88 valence electrons. The van der Waals surface area contributed by atoms with Crippen molar-refractivity contribution in [1.82, 2.24) is 10.3 Å². The largest absolute Gasteiger partial charge is 0.443 e. The van der Waals surface area contributed by atoms with Crippen LogP contribution in [0.25, 0.3) is 11.3 Å². The summed E-state index contributed by atoms with van der Waals surface area (Å²) in [5.41, 5.74) is 1.84. The van der Waals surface area contributed by atoms with E-state index in [4.69, 9.17) is 4.42 Å². The number of benzene rings is 1. The summed E-state index contributed by atoms with van der Waals surface area (Å²) in [5.74, 6) is 1.19. The minimum atomic E-state index is -0.0953.